The molecule has 31 heavy (non-hydrogen) atoms. The van der Waals surface area contributed by atoms with Crippen LogP contribution < -0.4 is 14.9 Å². The summed E-state index contributed by atoms with van der Waals surface area (Å²) in [6.07, 6.45) is 1.53. The third-order valence-electron chi connectivity index (χ3n) is 4.31. The van der Waals surface area contributed by atoms with Crippen molar-refractivity contribution in [3.63, 3.8) is 0 Å². The van der Waals surface area contributed by atoms with Crippen LogP contribution >= 0.6 is 39.1 Å². The molecular weight excluding hydrogens is 503 g/mol. The van der Waals surface area contributed by atoms with Crippen LogP contribution in [0, 0.1) is 6.92 Å². The molecule has 0 saturated carbocycles. The van der Waals surface area contributed by atoms with E-state index in [-0.39, 0.29) is 5.91 Å². The van der Waals surface area contributed by atoms with E-state index < -0.39 is 0 Å². The van der Waals surface area contributed by atoms with Gasteiger partial charge in [-0.1, -0.05) is 47.0 Å². The average molecular weight is 522 g/mol. The molecule has 0 spiro atoms. The Labute approximate surface area is 199 Å². The second-order valence-electron chi connectivity index (χ2n) is 6.63. The van der Waals surface area contributed by atoms with Gasteiger partial charge in [0.2, 0.25) is 0 Å². The minimum atomic E-state index is -0.287. The quantitative estimate of drug-likeness (QED) is 0.288. The minimum Gasteiger partial charge on any atom is -0.493 e. The van der Waals surface area contributed by atoms with Gasteiger partial charge in [-0.3, -0.25) is 4.79 Å². The maximum Gasteiger partial charge on any atom is 0.271 e. The third-order valence-corrected chi connectivity index (χ3v) is 5.74. The second-order valence-corrected chi connectivity index (χ2v) is 8.30. The number of methoxy groups -OCH3 is 1. The van der Waals surface area contributed by atoms with E-state index in [2.05, 4.69) is 26.5 Å². The lowest BCUT2D eigenvalue weighted by molar-refractivity contribution is 0.0955. The number of carbonyl (C=O) groups excluding carboxylic acids is 1. The third kappa shape index (κ3) is 6.23. The number of nitrogens with zero attached hydrogens (tertiary/aromatic N) is 1. The molecular formula is C23H19BrCl2N2O3. The predicted octanol–water partition coefficient (Wildman–Crippen LogP) is 6.42. The van der Waals surface area contributed by atoms with Crippen molar-refractivity contribution in [1.29, 1.82) is 0 Å². The molecule has 1 amide bonds. The van der Waals surface area contributed by atoms with E-state index in [0.29, 0.717) is 39.3 Å². The number of aryl methyl sites for hydroxylation is 1. The highest BCUT2D eigenvalue weighted by Gasteiger charge is 2.11. The topological polar surface area (TPSA) is 59.9 Å². The van der Waals surface area contributed by atoms with Crippen LogP contribution in [0.1, 0.15) is 27.0 Å². The molecule has 0 unspecified atom stereocenters. The largest absolute Gasteiger partial charge is 0.493 e. The lowest BCUT2D eigenvalue weighted by atomic mass is 10.1. The van der Waals surface area contributed by atoms with Gasteiger partial charge in [-0.25, -0.2) is 5.43 Å². The van der Waals surface area contributed by atoms with Gasteiger partial charge in [0.1, 0.15) is 6.61 Å². The van der Waals surface area contributed by atoms with Crippen molar-refractivity contribution in [3.05, 3.63) is 91.4 Å². The van der Waals surface area contributed by atoms with Crippen molar-refractivity contribution in [2.24, 2.45) is 5.10 Å². The monoisotopic (exact) mass is 520 g/mol. The number of hydrogen-bond donors (Lipinski definition) is 1. The van der Waals surface area contributed by atoms with Crippen LogP contribution in [0.15, 0.2) is 64.2 Å². The highest BCUT2D eigenvalue weighted by Crippen LogP contribution is 2.34. The SMILES string of the molecule is COc1cc(/C=N/NC(=O)c2cccc(C)c2)c(Br)cc1OCc1ccc(Cl)c(Cl)c1. The number of hydrazone groups is 1. The first-order valence-electron chi connectivity index (χ1n) is 9.21. The van der Waals surface area contributed by atoms with Crippen molar-refractivity contribution >= 4 is 51.3 Å². The number of carbonyl (C=O) groups is 1. The number of hydrogen-bond acceptors (Lipinski definition) is 4. The molecule has 5 nitrogen and oxygen atoms in total. The van der Waals surface area contributed by atoms with Gasteiger partial charge in [-0.2, -0.15) is 5.10 Å². The van der Waals surface area contributed by atoms with Crippen molar-refractivity contribution in [2.75, 3.05) is 7.11 Å². The summed E-state index contributed by atoms with van der Waals surface area (Å²) in [5.41, 5.74) is 5.65. The van der Waals surface area contributed by atoms with Gasteiger partial charge in [0, 0.05) is 15.6 Å². The molecule has 1 N–H and O–H groups in total. The van der Waals surface area contributed by atoms with E-state index in [1.54, 1.807) is 43.5 Å². The lowest BCUT2D eigenvalue weighted by Gasteiger charge is -2.13. The summed E-state index contributed by atoms with van der Waals surface area (Å²) in [7, 11) is 1.55. The Bertz CT molecular complexity index is 1140. The number of nitrogens with one attached hydrogen (secondary N) is 1. The molecule has 0 heterocycles. The first-order chi connectivity index (χ1) is 14.9. The Morgan fingerprint density at radius 2 is 1.90 bits per heavy atom. The molecule has 8 heteroatoms. The molecule has 0 saturated heterocycles. The molecule has 3 aromatic carbocycles. The van der Waals surface area contributed by atoms with Crippen molar-refractivity contribution in [3.8, 4) is 11.5 Å². The summed E-state index contributed by atoms with van der Waals surface area (Å²) in [5, 5.41) is 5.00. The zero-order valence-corrected chi connectivity index (χ0v) is 19.9. The summed E-state index contributed by atoms with van der Waals surface area (Å²) >= 11 is 15.5. The van der Waals surface area contributed by atoms with Gasteiger partial charge < -0.3 is 9.47 Å². The van der Waals surface area contributed by atoms with E-state index in [1.165, 1.54) is 6.21 Å². The fraction of sp³-hybridized carbons (Fsp3) is 0.130. The molecule has 0 aliphatic rings. The fourth-order valence-electron chi connectivity index (χ4n) is 2.72. The molecule has 0 aliphatic carbocycles. The Balaban J connectivity index is 1.70. The van der Waals surface area contributed by atoms with Crippen LogP contribution in [0.3, 0.4) is 0 Å². The molecule has 3 rings (SSSR count). The smallest absolute Gasteiger partial charge is 0.271 e. The van der Waals surface area contributed by atoms with Gasteiger partial charge in [-0.15, -0.1) is 0 Å². The molecule has 0 aromatic heterocycles. The molecule has 0 aliphatic heterocycles. The van der Waals surface area contributed by atoms with Gasteiger partial charge in [0.05, 0.1) is 23.4 Å². The first kappa shape index (κ1) is 23.1. The van der Waals surface area contributed by atoms with Gasteiger partial charge in [0.15, 0.2) is 11.5 Å². The van der Waals surface area contributed by atoms with Crippen LogP contribution in [0.4, 0.5) is 0 Å². The normalized spacial score (nSPS) is 10.9. The summed E-state index contributed by atoms with van der Waals surface area (Å²) in [6.45, 7) is 2.22. The van der Waals surface area contributed by atoms with E-state index in [4.69, 9.17) is 32.7 Å². The van der Waals surface area contributed by atoms with Crippen LogP contribution in [-0.4, -0.2) is 19.2 Å². The molecule has 0 bridgehead atoms. The number of amides is 1. The zero-order valence-electron chi connectivity index (χ0n) is 16.8. The van der Waals surface area contributed by atoms with E-state index in [0.717, 1.165) is 15.6 Å². The van der Waals surface area contributed by atoms with E-state index in [9.17, 15) is 4.79 Å². The first-order valence-corrected chi connectivity index (χ1v) is 10.8. The van der Waals surface area contributed by atoms with E-state index >= 15 is 0 Å². The molecule has 160 valence electrons. The summed E-state index contributed by atoms with van der Waals surface area (Å²) in [4.78, 5) is 12.2. The fourth-order valence-corrected chi connectivity index (χ4v) is 3.47. The van der Waals surface area contributed by atoms with Crippen molar-refractivity contribution < 1.29 is 14.3 Å². The van der Waals surface area contributed by atoms with Crippen molar-refractivity contribution in [2.45, 2.75) is 13.5 Å². The van der Waals surface area contributed by atoms with Crippen LogP contribution in [0.25, 0.3) is 0 Å². The number of ether oxygens (including phenoxy) is 2. The summed E-state index contributed by atoms with van der Waals surface area (Å²) < 4.78 is 12.1. The number of rotatable bonds is 7. The van der Waals surface area contributed by atoms with E-state index in [1.807, 2.05) is 25.1 Å². The lowest BCUT2D eigenvalue weighted by Crippen LogP contribution is -2.17. The second kappa shape index (κ2) is 10.7. The highest BCUT2D eigenvalue weighted by atomic mass is 79.9. The Kier molecular flexibility index (Phi) is 7.96. The van der Waals surface area contributed by atoms with Gasteiger partial charge >= 0.3 is 0 Å². The highest BCUT2D eigenvalue weighted by molar-refractivity contribution is 9.10. The van der Waals surface area contributed by atoms with Crippen LogP contribution in [-0.2, 0) is 6.61 Å². The van der Waals surface area contributed by atoms with Gasteiger partial charge in [-0.05, 0) is 64.8 Å². The van der Waals surface area contributed by atoms with Crippen LogP contribution in [0.2, 0.25) is 10.0 Å². The standard InChI is InChI=1S/C23H19BrCl2N2O3/c1-14-4-3-5-16(8-14)23(29)28-27-12-17-10-21(30-2)22(11-18(17)24)31-13-15-6-7-19(25)20(26)9-15/h3-12H,13H2,1-2H3,(H,28,29)/b27-12+. The Morgan fingerprint density at radius 1 is 1.10 bits per heavy atom. The maximum absolute atomic E-state index is 12.2. The maximum atomic E-state index is 12.2. The minimum absolute atomic E-state index is 0.287. The summed E-state index contributed by atoms with van der Waals surface area (Å²) in [5.74, 6) is 0.778. The van der Waals surface area contributed by atoms with Gasteiger partial charge in [0.25, 0.3) is 5.91 Å². The summed E-state index contributed by atoms with van der Waals surface area (Å²) in [6, 6.07) is 16.1. The average Bonchev–Trinajstić information content (AvgIpc) is 2.75. The molecule has 3 aromatic rings. The molecule has 0 atom stereocenters. The zero-order chi connectivity index (χ0) is 22.4. The number of benzene rings is 3. The number of halogens is 3. The predicted molar refractivity (Wildman–Crippen MR) is 128 cm³/mol. The van der Waals surface area contributed by atoms with Crippen LogP contribution in [0.5, 0.6) is 11.5 Å². The Morgan fingerprint density at radius 3 is 2.61 bits per heavy atom. The molecule has 0 radical (unpaired) electrons. The molecule has 0 fully saturated rings. The van der Waals surface area contributed by atoms with Crippen molar-refractivity contribution in [1.82, 2.24) is 5.43 Å². The Hall–Kier alpha value is -2.54.